The topological polar surface area (TPSA) is 114 Å². The number of hydrogen-bond acceptors (Lipinski definition) is 5. The third kappa shape index (κ3) is 4.89. The summed E-state index contributed by atoms with van der Waals surface area (Å²) in [5.41, 5.74) is 4.59. The molecule has 8 heteroatoms. The molecule has 0 unspecified atom stereocenters. The third-order valence-electron chi connectivity index (χ3n) is 7.37. The molecule has 1 saturated carbocycles. The number of alkyl carbamates (subject to hydrolysis) is 1. The second kappa shape index (κ2) is 10.1. The summed E-state index contributed by atoms with van der Waals surface area (Å²) >= 11 is 0. The highest BCUT2D eigenvalue weighted by Gasteiger charge is 2.38. The lowest BCUT2D eigenvalue weighted by molar-refractivity contribution is -0.143. The molecule has 3 aliphatic rings. The van der Waals surface area contributed by atoms with Gasteiger partial charge in [-0.15, -0.1) is 0 Å². The van der Waals surface area contributed by atoms with Gasteiger partial charge in [-0.1, -0.05) is 55.0 Å². The van der Waals surface area contributed by atoms with Crippen molar-refractivity contribution in [2.75, 3.05) is 13.2 Å². The van der Waals surface area contributed by atoms with Gasteiger partial charge >= 0.3 is 12.1 Å². The number of carbonyl (C=O) groups is 3. The molecular weight excluding hydrogens is 448 g/mol. The number of hydrogen-bond donors (Lipinski definition) is 3. The van der Waals surface area contributed by atoms with Crippen molar-refractivity contribution >= 4 is 18.0 Å². The number of fused-ring (bicyclic) bond motifs is 3. The fraction of sp³-hybridized carbons (Fsp3) is 0.444. The first-order valence-electron chi connectivity index (χ1n) is 12.3. The van der Waals surface area contributed by atoms with Gasteiger partial charge in [-0.2, -0.15) is 0 Å². The molecule has 2 aliphatic carbocycles. The molecule has 35 heavy (non-hydrogen) atoms. The van der Waals surface area contributed by atoms with Crippen LogP contribution >= 0.6 is 0 Å². The number of rotatable bonds is 6. The number of nitrogens with one attached hydrogen (secondary N) is 2. The van der Waals surface area contributed by atoms with Gasteiger partial charge in [0.05, 0.1) is 12.0 Å². The van der Waals surface area contributed by atoms with E-state index in [1.807, 2.05) is 24.3 Å². The summed E-state index contributed by atoms with van der Waals surface area (Å²) in [6, 6.07) is 15.6. The Bertz CT molecular complexity index is 1070. The monoisotopic (exact) mass is 478 g/mol. The van der Waals surface area contributed by atoms with E-state index < -0.39 is 30.1 Å². The van der Waals surface area contributed by atoms with Crippen LogP contribution in [0, 0.1) is 5.92 Å². The number of amides is 2. The highest BCUT2D eigenvalue weighted by molar-refractivity contribution is 5.83. The Hall–Kier alpha value is -3.39. The van der Waals surface area contributed by atoms with Gasteiger partial charge in [0.25, 0.3) is 5.91 Å². The SMILES string of the molecule is O=C(N[C@H]1CCO[C@H]1C(=O)N[C@H]1CCC[C@@H](C(=O)O)C1)OCC1c2ccccc2-c2ccccc21. The highest BCUT2D eigenvalue weighted by atomic mass is 16.6. The lowest BCUT2D eigenvalue weighted by Crippen LogP contribution is -2.51. The van der Waals surface area contributed by atoms with E-state index in [2.05, 4.69) is 34.9 Å². The maximum Gasteiger partial charge on any atom is 0.407 e. The summed E-state index contributed by atoms with van der Waals surface area (Å²) in [7, 11) is 0. The van der Waals surface area contributed by atoms with Crippen LogP contribution in [0.4, 0.5) is 4.79 Å². The summed E-state index contributed by atoms with van der Waals surface area (Å²) < 4.78 is 11.2. The van der Waals surface area contributed by atoms with E-state index >= 15 is 0 Å². The quantitative estimate of drug-likeness (QED) is 0.586. The molecule has 4 atom stereocenters. The third-order valence-corrected chi connectivity index (χ3v) is 7.37. The van der Waals surface area contributed by atoms with Crippen LogP contribution in [0.15, 0.2) is 48.5 Å². The van der Waals surface area contributed by atoms with E-state index in [0.29, 0.717) is 25.9 Å². The second-order valence-corrected chi connectivity index (χ2v) is 9.56. The molecule has 2 amide bonds. The first kappa shape index (κ1) is 23.4. The van der Waals surface area contributed by atoms with Crippen molar-refractivity contribution in [3.63, 3.8) is 0 Å². The van der Waals surface area contributed by atoms with Crippen LogP contribution in [0.3, 0.4) is 0 Å². The zero-order valence-corrected chi connectivity index (χ0v) is 19.4. The number of carboxylic acid groups (broad SMARTS) is 1. The van der Waals surface area contributed by atoms with Crippen LogP contribution in [-0.2, 0) is 19.1 Å². The van der Waals surface area contributed by atoms with Crippen molar-refractivity contribution in [3.8, 4) is 11.1 Å². The van der Waals surface area contributed by atoms with Gasteiger partial charge in [-0.05, 0) is 47.9 Å². The van der Waals surface area contributed by atoms with Crippen LogP contribution in [0.1, 0.15) is 49.1 Å². The van der Waals surface area contributed by atoms with Gasteiger partial charge in [0.15, 0.2) is 6.10 Å². The molecule has 5 rings (SSSR count). The first-order valence-corrected chi connectivity index (χ1v) is 12.3. The Kier molecular flexibility index (Phi) is 6.72. The normalized spacial score (nSPS) is 25.4. The molecule has 0 radical (unpaired) electrons. The maximum absolute atomic E-state index is 12.8. The number of ether oxygens (including phenoxy) is 2. The van der Waals surface area contributed by atoms with E-state index in [1.165, 1.54) is 0 Å². The number of carbonyl (C=O) groups excluding carboxylic acids is 2. The molecule has 0 bridgehead atoms. The van der Waals surface area contributed by atoms with Gasteiger partial charge in [0, 0.05) is 18.6 Å². The Balaban J connectivity index is 1.17. The lowest BCUT2D eigenvalue weighted by atomic mass is 9.85. The molecular formula is C27H30N2O6. The minimum atomic E-state index is -0.823. The minimum absolute atomic E-state index is 0.0412. The molecule has 2 aromatic rings. The summed E-state index contributed by atoms with van der Waals surface area (Å²) in [5, 5.41) is 15.0. The molecule has 1 aliphatic heterocycles. The number of benzene rings is 2. The lowest BCUT2D eigenvalue weighted by Gasteiger charge is -2.29. The Labute approximate surface area is 204 Å². The molecule has 8 nitrogen and oxygen atoms in total. The average Bonchev–Trinajstić information content (AvgIpc) is 3.45. The Morgan fingerprint density at radius 1 is 0.943 bits per heavy atom. The van der Waals surface area contributed by atoms with Crippen LogP contribution in [0.5, 0.6) is 0 Å². The van der Waals surface area contributed by atoms with Crippen LogP contribution in [-0.4, -0.2) is 54.5 Å². The fourth-order valence-corrected chi connectivity index (χ4v) is 5.62. The average molecular weight is 479 g/mol. The summed E-state index contributed by atoms with van der Waals surface area (Å²) in [5.74, 6) is -1.62. The molecule has 1 saturated heterocycles. The Morgan fingerprint density at radius 2 is 1.63 bits per heavy atom. The molecule has 184 valence electrons. The molecule has 2 fully saturated rings. The molecule has 0 aromatic heterocycles. The van der Waals surface area contributed by atoms with Crippen molar-refractivity contribution in [2.45, 2.75) is 56.2 Å². The zero-order chi connectivity index (χ0) is 24.4. The molecule has 0 spiro atoms. The fourth-order valence-electron chi connectivity index (χ4n) is 5.62. The second-order valence-electron chi connectivity index (χ2n) is 9.56. The molecule has 3 N–H and O–H groups in total. The van der Waals surface area contributed by atoms with Crippen LogP contribution in [0.25, 0.3) is 11.1 Å². The van der Waals surface area contributed by atoms with Gasteiger partial charge in [0.2, 0.25) is 0 Å². The first-order chi connectivity index (χ1) is 17.0. The van der Waals surface area contributed by atoms with E-state index in [1.54, 1.807) is 0 Å². The van der Waals surface area contributed by atoms with Crippen LogP contribution < -0.4 is 10.6 Å². The standard InChI is InChI=1S/C27H30N2O6/c30-25(28-17-7-5-6-16(14-17)26(31)32)24-23(12-13-34-24)29-27(33)35-15-22-20-10-3-1-8-18(20)19-9-2-4-11-21(19)22/h1-4,8-11,16-17,22-24H,5-7,12-15H2,(H,28,30)(H,29,33)(H,31,32)/t16-,17+,23+,24-/m1/s1. The summed E-state index contributed by atoms with van der Waals surface area (Å²) in [4.78, 5) is 36.8. The smallest absolute Gasteiger partial charge is 0.407 e. The number of carboxylic acids is 1. The van der Waals surface area contributed by atoms with E-state index in [4.69, 9.17) is 9.47 Å². The minimum Gasteiger partial charge on any atom is -0.481 e. The predicted octanol–water partition coefficient (Wildman–Crippen LogP) is 3.44. The summed E-state index contributed by atoms with van der Waals surface area (Å²) in [6.07, 6.45) is 1.66. The van der Waals surface area contributed by atoms with Crippen molar-refractivity contribution in [2.24, 2.45) is 5.92 Å². The van der Waals surface area contributed by atoms with Gasteiger partial charge in [-0.25, -0.2) is 4.79 Å². The number of aliphatic carboxylic acids is 1. The van der Waals surface area contributed by atoms with Crippen molar-refractivity contribution < 1.29 is 29.0 Å². The van der Waals surface area contributed by atoms with Gasteiger partial charge in [-0.3, -0.25) is 9.59 Å². The van der Waals surface area contributed by atoms with Crippen molar-refractivity contribution in [1.82, 2.24) is 10.6 Å². The van der Waals surface area contributed by atoms with E-state index in [0.717, 1.165) is 35.1 Å². The van der Waals surface area contributed by atoms with Crippen molar-refractivity contribution in [3.05, 3.63) is 59.7 Å². The van der Waals surface area contributed by atoms with Crippen LogP contribution in [0.2, 0.25) is 0 Å². The molecule has 1 heterocycles. The zero-order valence-electron chi connectivity index (χ0n) is 19.4. The summed E-state index contributed by atoms with van der Waals surface area (Å²) in [6.45, 7) is 0.553. The molecule has 2 aromatic carbocycles. The van der Waals surface area contributed by atoms with Crippen molar-refractivity contribution in [1.29, 1.82) is 0 Å². The van der Waals surface area contributed by atoms with E-state index in [-0.39, 0.29) is 24.5 Å². The van der Waals surface area contributed by atoms with Gasteiger partial charge < -0.3 is 25.2 Å². The largest absolute Gasteiger partial charge is 0.481 e. The van der Waals surface area contributed by atoms with E-state index in [9.17, 15) is 19.5 Å². The highest BCUT2D eigenvalue weighted by Crippen LogP contribution is 2.44. The maximum atomic E-state index is 12.8. The Morgan fingerprint density at radius 3 is 2.31 bits per heavy atom. The predicted molar refractivity (Wildman–Crippen MR) is 128 cm³/mol. The van der Waals surface area contributed by atoms with Gasteiger partial charge in [0.1, 0.15) is 6.61 Å².